The van der Waals surface area contributed by atoms with Crippen LogP contribution in [0.15, 0.2) is 35.4 Å². The van der Waals surface area contributed by atoms with E-state index in [1.807, 2.05) is 23.0 Å². The first kappa shape index (κ1) is 13.1. The van der Waals surface area contributed by atoms with Crippen LogP contribution in [0.3, 0.4) is 0 Å². The smallest absolute Gasteiger partial charge is 0.0969 e. The first-order valence-electron chi connectivity index (χ1n) is 5.98. The number of aromatic nitrogens is 3. The van der Waals surface area contributed by atoms with Gasteiger partial charge in [-0.3, -0.25) is 0 Å². The van der Waals surface area contributed by atoms with Gasteiger partial charge in [-0.25, -0.2) is 4.68 Å². The zero-order valence-electron chi connectivity index (χ0n) is 10.9. The lowest BCUT2D eigenvalue weighted by Gasteiger charge is -2.04. The van der Waals surface area contributed by atoms with Crippen molar-refractivity contribution in [2.24, 2.45) is 0 Å². The molecular weight excluding hydrogens is 244 g/mol. The second-order valence-electron chi connectivity index (χ2n) is 4.39. The van der Waals surface area contributed by atoms with Crippen molar-refractivity contribution in [3.05, 3.63) is 36.2 Å². The summed E-state index contributed by atoms with van der Waals surface area (Å²) >= 11 is 1.72. The Balaban J connectivity index is 2.13. The molecule has 0 atom stereocenters. The van der Waals surface area contributed by atoms with Crippen LogP contribution in [-0.4, -0.2) is 27.3 Å². The quantitative estimate of drug-likeness (QED) is 0.841. The van der Waals surface area contributed by atoms with Crippen molar-refractivity contribution in [2.75, 3.05) is 6.26 Å². The van der Waals surface area contributed by atoms with Crippen LogP contribution in [0.2, 0.25) is 0 Å². The molecule has 0 bridgehead atoms. The van der Waals surface area contributed by atoms with Crippen molar-refractivity contribution in [3.63, 3.8) is 0 Å². The molecule has 0 fully saturated rings. The first-order valence-corrected chi connectivity index (χ1v) is 7.20. The van der Waals surface area contributed by atoms with Gasteiger partial charge in [-0.05, 0) is 24.5 Å². The number of benzene rings is 1. The van der Waals surface area contributed by atoms with Crippen molar-refractivity contribution < 1.29 is 0 Å². The summed E-state index contributed by atoms with van der Waals surface area (Å²) in [5.74, 6) is 0. The number of hydrogen-bond donors (Lipinski definition) is 1. The van der Waals surface area contributed by atoms with Crippen molar-refractivity contribution in [1.29, 1.82) is 0 Å². The van der Waals surface area contributed by atoms with E-state index in [1.165, 1.54) is 4.90 Å². The molecule has 4 nitrogen and oxygen atoms in total. The number of nitrogens with zero attached hydrogens (tertiary/aromatic N) is 3. The van der Waals surface area contributed by atoms with Gasteiger partial charge in [0.15, 0.2) is 0 Å². The van der Waals surface area contributed by atoms with Crippen LogP contribution in [0, 0.1) is 0 Å². The number of nitrogens with one attached hydrogen (secondary N) is 1. The summed E-state index contributed by atoms with van der Waals surface area (Å²) in [5, 5.41) is 11.7. The number of rotatable bonds is 5. The Morgan fingerprint density at radius 3 is 2.94 bits per heavy atom. The summed E-state index contributed by atoms with van der Waals surface area (Å²) in [4.78, 5) is 1.23. The molecule has 0 amide bonds. The third-order valence-corrected chi connectivity index (χ3v) is 3.28. The highest BCUT2D eigenvalue weighted by molar-refractivity contribution is 7.98. The molecule has 1 heterocycles. The summed E-state index contributed by atoms with van der Waals surface area (Å²) in [7, 11) is 0. The standard InChI is InChI=1S/C13H18N4S/c1-10(2)14-8-11-9-17(16-15-11)12-5-4-6-13(7-12)18-3/h4-7,9-10,14H,8H2,1-3H3. The van der Waals surface area contributed by atoms with Gasteiger partial charge in [0.05, 0.1) is 17.6 Å². The molecule has 2 rings (SSSR count). The van der Waals surface area contributed by atoms with E-state index in [9.17, 15) is 0 Å². The molecule has 5 heteroatoms. The molecule has 1 aromatic carbocycles. The lowest BCUT2D eigenvalue weighted by atomic mass is 10.3. The molecule has 0 saturated heterocycles. The lowest BCUT2D eigenvalue weighted by molar-refractivity contribution is 0.580. The third kappa shape index (κ3) is 3.34. The monoisotopic (exact) mass is 262 g/mol. The molecule has 96 valence electrons. The van der Waals surface area contributed by atoms with E-state index in [0.29, 0.717) is 6.04 Å². The minimum Gasteiger partial charge on any atom is -0.309 e. The molecule has 2 aromatic rings. The summed E-state index contributed by atoms with van der Waals surface area (Å²) in [6.45, 7) is 4.98. The molecule has 0 radical (unpaired) electrons. The number of thioether (sulfide) groups is 1. The molecule has 0 saturated carbocycles. The van der Waals surface area contributed by atoms with Gasteiger partial charge in [-0.2, -0.15) is 0 Å². The Morgan fingerprint density at radius 2 is 2.22 bits per heavy atom. The Morgan fingerprint density at radius 1 is 1.39 bits per heavy atom. The molecule has 0 aliphatic carbocycles. The normalized spacial score (nSPS) is 11.1. The van der Waals surface area contributed by atoms with Crippen molar-refractivity contribution >= 4 is 11.8 Å². The van der Waals surface area contributed by atoms with Crippen LogP contribution in [0.5, 0.6) is 0 Å². The fourth-order valence-electron chi connectivity index (χ4n) is 1.57. The highest BCUT2D eigenvalue weighted by atomic mass is 32.2. The zero-order chi connectivity index (χ0) is 13.0. The average molecular weight is 262 g/mol. The topological polar surface area (TPSA) is 42.7 Å². The Hall–Kier alpha value is -1.33. The first-order chi connectivity index (χ1) is 8.69. The molecule has 0 aliphatic heterocycles. The van der Waals surface area contributed by atoms with Gasteiger partial charge in [-0.1, -0.05) is 25.1 Å². The second-order valence-corrected chi connectivity index (χ2v) is 5.27. The van der Waals surface area contributed by atoms with E-state index in [2.05, 4.69) is 47.9 Å². The Labute approximate surface area is 112 Å². The van der Waals surface area contributed by atoms with Crippen molar-refractivity contribution in [2.45, 2.75) is 31.3 Å². The summed E-state index contributed by atoms with van der Waals surface area (Å²) < 4.78 is 1.82. The molecule has 18 heavy (non-hydrogen) atoms. The van der Waals surface area contributed by atoms with Crippen molar-refractivity contribution in [1.82, 2.24) is 20.3 Å². The fraction of sp³-hybridized carbons (Fsp3) is 0.385. The van der Waals surface area contributed by atoms with Gasteiger partial charge in [0.2, 0.25) is 0 Å². The van der Waals surface area contributed by atoms with Crippen LogP contribution >= 0.6 is 11.8 Å². The predicted octanol–water partition coefficient (Wildman–Crippen LogP) is 2.49. The SMILES string of the molecule is CSc1cccc(-n2cc(CNC(C)C)nn2)c1. The largest absolute Gasteiger partial charge is 0.309 e. The van der Waals surface area contributed by atoms with E-state index in [-0.39, 0.29) is 0 Å². The van der Waals surface area contributed by atoms with Crippen LogP contribution < -0.4 is 5.32 Å². The molecule has 0 aliphatic rings. The maximum absolute atomic E-state index is 4.16. The van der Waals surface area contributed by atoms with Gasteiger partial charge in [0.1, 0.15) is 0 Å². The van der Waals surface area contributed by atoms with Crippen LogP contribution in [0.1, 0.15) is 19.5 Å². The van der Waals surface area contributed by atoms with Gasteiger partial charge < -0.3 is 5.32 Å². The molecule has 0 unspecified atom stereocenters. The maximum Gasteiger partial charge on any atom is 0.0969 e. The van der Waals surface area contributed by atoms with Crippen LogP contribution in [-0.2, 0) is 6.54 Å². The lowest BCUT2D eigenvalue weighted by Crippen LogP contribution is -2.21. The van der Waals surface area contributed by atoms with E-state index < -0.39 is 0 Å². The average Bonchev–Trinajstić information content (AvgIpc) is 2.85. The summed E-state index contributed by atoms with van der Waals surface area (Å²) in [6, 6.07) is 8.73. The van der Waals surface area contributed by atoms with E-state index in [0.717, 1.165) is 17.9 Å². The predicted molar refractivity (Wildman–Crippen MR) is 75.1 cm³/mol. The van der Waals surface area contributed by atoms with Gasteiger partial charge in [0, 0.05) is 17.5 Å². The number of hydrogen-bond acceptors (Lipinski definition) is 4. The van der Waals surface area contributed by atoms with E-state index in [4.69, 9.17) is 0 Å². The van der Waals surface area contributed by atoms with Gasteiger partial charge in [-0.15, -0.1) is 16.9 Å². The molecule has 1 aromatic heterocycles. The minimum absolute atomic E-state index is 0.454. The van der Waals surface area contributed by atoms with Crippen LogP contribution in [0.4, 0.5) is 0 Å². The summed E-state index contributed by atoms with van der Waals surface area (Å²) in [6.07, 6.45) is 4.03. The molecular formula is C13H18N4S. The fourth-order valence-corrected chi connectivity index (χ4v) is 2.02. The second kappa shape index (κ2) is 6.02. The third-order valence-electron chi connectivity index (χ3n) is 2.55. The van der Waals surface area contributed by atoms with Gasteiger partial charge >= 0.3 is 0 Å². The highest BCUT2D eigenvalue weighted by Gasteiger charge is 2.04. The van der Waals surface area contributed by atoms with E-state index >= 15 is 0 Å². The molecule has 1 N–H and O–H groups in total. The van der Waals surface area contributed by atoms with E-state index in [1.54, 1.807) is 11.8 Å². The Kier molecular flexibility index (Phi) is 4.38. The molecule has 0 spiro atoms. The maximum atomic E-state index is 4.16. The highest BCUT2D eigenvalue weighted by Crippen LogP contribution is 2.17. The summed E-state index contributed by atoms with van der Waals surface area (Å²) in [5.41, 5.74) is 2.00. The van der Waals surface area contributed by atoms with Crippen molar-refractivity contribution in [3.8, 4) is 5.69 Å². The van der Waals surface area contributed by atoms with Gasteiger partial charge in [0.25, 0.3) is 0 Å². The minimum atomic E-state index is 0.454. The zero-order valence-corrected chi connectivity index (χ0v) is 11.7. The van der Waals surface area contributed by atoms with Crippen LogP contribution in [0.25, 0.3) is 5.69 Å². The Bertz CT molecular complexity index is 507.